The van der Waals surface area contributed by atoms with Gasteiger partial charge in [0.25, 0.3) is 5.91 Å². The smallest absolute Gasteiger partial charge is 0.475 e. The SMILES string of the molecule is CC(C)n1c2ccccc2c2c1cc(C(=O)N(C)Cc1ccccn1)n2C(=O)N(C)C.O=C(O)C(F)(F)F. The largest absolute Gasteiger partial charge is 0.490 e. The van der Waals surface area contributed by atoms with E-state index < -0.39 is 12.1 Å². The second-order valence-corrected chi connectivity index (χ2v) is 9.04. The van der Waals surface area contributed by atoms with E-state index in [-0.39, 0.29) is 18.0 Å². The van der Waals surface area contributed by atoms with Crippen LogP contribution in [0.4, 0.5) is 18.0 Å². The number of aliphatic carboxylic acids is 1. The lowest BCUT2D eigenvalue weighted by atomic mass is 10.2. The van der Waals surface area contributed by atoms with E-state index in [1.165, 1.54) is 4.90 Å². The second kappa shape index (κ2) is 11.0. The van der Waals surface area contributed by atoms with Crippen molar-refractivity contribution in [2.75, 3.05) is 21.1 Å². The van der Waals surface area contributed by atoms with Gasteiger partial charge in [0.1, 0.15) is 5.69 Å². The highest BCUT2D eigenvalue weighted by Crippen LogP contribution is 2.34. The molecule has 0 aliphatic heterocycles. The van der Waals surface area contributed by atoms with Crippen LogP contribution in [0.15, 0.2) is 54.7 Å². The van der Waals surface area contributed by atoms with Crippen molar-refractivity contribution in [3.05, 3.63) is 66.1 Å². The summed E-state index contributed by atoms with van der Waals surface area (Å²) in [5.74, 6) is -2.98. The molecule has 0 saturated heterocycles. The average Bonchev–Trinajstić information content (AvgIpc) is 3.38. The Morgan fingerprint density at radius 1 is 1.00 bits per heavy atom. The molecule has 3 aromatic heterocycles. The van der Waals surface area contributed by atoms with Gasteiger partial charge in [0.05, 0.1) is 28.8 Å². The zero-order chi connectivity index (χ0) is 28.4. The summed E-state index contributed by atoms with van der Waals surface area (Å²) >= 11 is 0. The summed E-state index contributed by atoms with van der Waals surface area (Å²) in [5, 5.41) is 8.08. The number of carbonyl (C=O) groups is 3. The highest BCUT2D eigenvalue weighted by Gasteiger charge is 2.38. The van der Waals surface area contributed by atoms with E-state index in [4.69, 9.17) is 9.90 Å². The Hall–Kier alpha value is -4.35. The van der Waals surface area contributed by atoms with Crippen molar-refractivity contribution in [2.45, 2.75) is 32.6 Å². The third kappa shape index (κ3) is 5.63. The maximum Gasteiger partial charge on any atom is 0.490 e. The van der Waals surface area contributed by atoms with Crippen LogP contribution in [0, 0.1) is 0 Å². The van der Waals surface area contributed by atoms with Gasteiger partial charge in [-0.3, -0.25) is 14.3 Å². The van der Waals surface area contributed by atoms with Gasteiger partial charge in [-0.2, -0.15) is 13.2 Å². The standard InChI is InChI=1S/C24H27N5O2.C2HF3O2/c1-16(2)28-19-12-7-6-11-18(19)22-20(28)14-21(29(22)24(31)26(3)4)23(30)27(5)15-17-10-8-9-13-25-17;3-2(4,5)1(6)7/h6-14,16H,15H2,1-5H3;(H,6,7). The predicted molar refractivity (Wildman–Crippen MR) is 136 cm³/mol. The first kappa shape index (κ1) is 28.2. The van der Waals surface area contributed by atoms with Crippen LogP contribution in [0.2, 0.25) is 0 Å². The number of nitrogens with zero attached hydrogens (tertiary/aromatic N) is 5. The van der Waals surface area contributed by atoms with Gasteiger partial charge in [0, 0.05) is 38.8 Å². The third-order valence-electron chi connectivity index (χ3n) is 5.68. The molecular weight excluding hydrogens is 503 g/mol. The van der Waals surface area contributed by atoms with Crippen molar-refractivity contribution in [3.8, 4) is 0 Å². The van der Waals surface area contributed by atoms with Crippen molar-refractivity contribution < 1.29 is 32.7 Å². The number of rotatable bonds is 4. The number of aromatic nitrogens is 3. The quantitative estimate of drug-likeness (QED) is 0.399. The Kier molecular flexibility index (Phi) is 8.13. The van der Waals surface area contributed by atoms with E-state index in [0.717, 1.165) is 27.6 Å². The summed E-state index contributed by atoms with van der Waals surface area (Å²) in [4.78, 5) is 43.0. The number of para-hydroxylation sites is 1. The van der Waals surface area contributed by atoms with E-state index in [9.17, 15) is 22.8 Å². The zero-order valence-electron chi connectivity index (χ0n) is 21.5. The van der Waals surface area contributed by atoms with Gasteiger partial charge in [0.15, 0.2) is 0 Å². The molecule has 0 radical (unpaired) electrons. The zero-order valence-corrected chi connectivity index (χ0v) is 21.5. The number of halogens is 3. The topological polar surface area (TPSA) is 101 Å². The van der Waals surface area contributed by atoms with Crippen molar-refractivity contribution in [1.82, 2.24) is 23.9 Å². The van der Waals surface area contributed by atoms with Gasteiger partial charge in [-0.25, -0.2) is 9.59 Å². The number of fused-ring (bicyclic) bond motifs is 3. The van der Waals surface area contributed by atoms with Crippen LogP contribution in [0.1, 0.15) is 36.1 Å². The fourth-order valence-corrected chi connectivity index (χ4v) is 4.07. The average molecular weight is 532 g/mol. The first-order valence-corrected chi connectivity index (χ1v) is 11.6. The van der Waals surface area contributed by atoms with Gasteiger partial charge in [-0.1, -0.05) is 24.3 Å². The summed E-state index contributed by atoms with van der Waals surface area (Å²) in [5.41, 5.74) is 3.82. The van der Waals surface area contributed by atoms with Gasteiger partial charge in [-0.15, -0.1) is 0 Å². The number of pyridine rings is 1. The molecule has 0 aliphatic rings. The fraction of sp³-hybridized carbons (Fsp3) is 0.308. The van der Waals surface area contributed by atoms with Crippen molar-refractivity contribution in [1.29, 1.82) is 0 Å². The number of amides is 2. The molecule has 0 bridgehead atoms. The highest BCUT2D eigenvalue weighted by molar-refractivity contribution is 6.14. The van der Waals surface area contributed by atoms with Gasteiger partial charge in [-0.05, 0) is 38.1 Å². The summed E-state index contributed by atoms with van der Waals surface area (Å²) in [6, 6.07) is 15.4. The lowest BCUT2D eigenvalue weighted by Gasteiger charge is -2.19. The van der Waals surface area contributed by atoms with Crippen LogP contribution >= 0.6 is 0 Å². The lowest BCUT2D eigenvalue weighted by molar-refractivity contribution is -0.192. The van der Waals surface area contributed by atoms with Crippen LogP contribution in [0.25, 0.3) is 21.9 Å². The van der Waals surface area contributed by atoms with Crippen LogP contribution in [0.3, 0.4) is 0 Å². The van der Waals surface area contributed by atoms with Crippen LogP contribution in [0.5, 0.6) is 0 Å². The minimum Gasteiger partial charge on any atom is -0.475 e. The van der Waals surface area contributed by atoms with Gasteiger partial charge < -0.3 is 19.5 Å². The molecule has 12 heteroatoms. The second-order valence-electron chi connectivity index (χ2n) is 9.04. The minimum atomic E-state index is -5.08. The highest BCUT2D eigenvalue weighted by atomic mass is 19.4. The molecule has 4 aromatic rings. The van der Waals surface area contributed by atoms with E-state index in [0.29, 0.717) is 12.2 Å². The van der Waals surface area contributed by atoms with E-state index >= 15 is 0 Å². The van der Waals surface area contributed by atoms with Crippen LogP contribution in [-0.4, -0.2) is 74.3 Å². The summed E-state index contributed by atoms with van der Waals surface area (Å²) in [6.07, 6.45) is -3.38. The first-order chi connectivity index (χ1) is 17.8. The van der Waals surface area contributed by atoms with E-state index in [2.05, 4.69) is 29.5 Å². The molecule has 9 nitrogen and oxygen atoms in total. The molecule has 0 fully saturated rings. The Morgan fingerprint density at radius 2 is 1.61 bits per heavy atom. The maximum absolute atomic E-state index is 13.5. The molecule has 2 amide bonds. The van der Waals surface area contributed by atoms with Gasteiger partial charge in [0.2, 0.25) is 0 Å². The molecule has 202 valence electrons. The Morgan fingerprint density at radius 3 is 2.13 bits per heavy atom. The molecule has 0 saturated carbocycles. The van der Waals surface area contributed by atoms with Crippen molar-refractivity contribution >= 4 is 39.8 Å². The summed E-state index contributed by atoms with van der Waals surface area (Å²) in [7, 11) is 5.12. The molecule has 1 N–H and O–H groups in total. The molecular formula is C26H28F3N5O4. The summed E-state index contributed by atoms with van der Waals surface area (Å²) < 4.78 is 35.5. The van der Waals surface area contributed by atoms with Crippen molar-refractivity contribution in [2.24, 2.45) is 0 Å². The predicted octanol–water partition coefficient (Wildman–Crippen LogP) is 5.01. The molecule has 4 rings (SSSR count). The number of hydrogen-bond acceptors (Lipinski definition) is 4. The monoisotopic (exact) mass is 531 g/mol. The van der Waals surface area contributed by atoms with Crippen molar-refractivity contribution in [3.63, 3.8) is 0 Å². The Labute approximate surface area is 216 Å². The molecule has 38 heavy (non-hydrogen) atoms. The molecule has 3 heterocycles. The maximum atomic E-state index is 13.5. The number of carboxylic acids is 1. The first-order valence-electron chi connectivity index (χ1n) is 11.6. The van der Waals surface area contributed by atoms with Gasteiger partial charge >= 0.3 is 18.2 Å². The third-order valence-corrected chi connectivity index (χ3v) is 5.68. The summed E-state index contributed by atoms with van der Waals surface area (Å²) in [6.45, 7) is 4.56. The lowest BCUT2D eigenvalue weighted by Crippen LogP contribution is -2.34. The Bertz CT molecular complexity index is 1470. The normalized spacial score (nSPS) is 11.4. The number of alkyl halides is 3. The Balaban J connectivity index is 0.000000505. The minimum absolute atomic E-state index is 0.168. The number of hydrogen-bond donors (Lipinski definition) is 1. The molecule has 1 aromatic carbocycles. The molecule has 0 aliphatic carbocycles. The fourth-order valence-electron chi connectivity index (χ4n) is 4.07. The number of carbonyl (C=O) groups excluding carboxylic acids is 2. The molecule has 0 atom stereocenters. The van der Waals surface area contributed by atoms with Crippen LogP contribution in [-0.2, 0) is 11.3 Å². The molecule has 0 spiro atoms. The number of carboxylic acid groups (broad SMARTS) is 1. The number of benzene rings is 1. The van der Waals surface area contributed by atoms with E-state index in [1.54, 1.807) is 36.8 Å². The molecule has 0 unspecified atom stereocenters. The van der Waals surface area contributed by atoms with Crippen LogP contribution < -0.4 is 0 Å². The van der Waals surface area contributed by atoms with E-state index in [1.807, 2.05) is 42.5 Å².